The van der Waals surface area contributed by atoms with Gasteiger partial charge in [-0.25, -0.2) is 0 Å². The summed E-state index contributed by atoms with van der Waals surface area (Å²) in [5.41, 5.74) is 1.43. The van der Waals surface area contributed by atoms with Gasteiger partial charge < -0.3 is 23.7 Å². The zero-order valence-electron chi connectivity index (χ0n) is 17.7. The zero-order valence-corrected chi connectivity index (χ0v) is 17.7. The van der Waals surface area contributed by atoms with E-state index in [0.717, 1.165) is 31.4 Å². The topological polar surface area (TPSA) is 89.3 Å². The van der Waals surface area contributed by atoms with Gasteiger partial charge in [-0.3, -0.25) is 10.1 Å². The molecule has 1 atom stereocenters. The molecule has 3 rings (SSSR count). The number of methoxy groups -OCH3 is 2. The maximum absolute atomic E-state index is 11.2. The molecule has 0 spiro atoms. The van der Waals surface area contributed by atoms with Gasteiger partial charge in [0, 0.05) is 18.7 Å². The molecular weight excluding hydrogens is 402 g/mol. The lowest BCUT2D eigenvalue weighted by Gasteiger charge is -2.22. The van der Waals surface area contributed by atoms with E-state index in [1.165, 1.54) is 13.2 Å². The van der Waals surface area contributed by atoms with Gasteiger partial charge in [-0.05, 0) is 48.6 Å². The first-order valence-corrected chi connectivity index (χ1v) is 10.1. The van der Waals surface area contributed by atoms with Gasteiger partial charge in [0.2, 0.25) is 0 Å². The molecule has 166 valence electrons. The highest BCUT2D eigenvalue weighted by Crippen LogP contribution is 2.29. The van der Waals surface area contributed by atoms with Crippen LogP contribution in [0.5, 0.6) is 17.2 Å². The molecule has 8 nitrogen and oxygen atoms in total. The lowest BCUT2D eigenvalue weighted by atomic mass is 10.1. The molecule has 0 amide bonds. The smallest absolute Gasteiger partial charge is 0.311 e. The summed E-state index contributed by atoms with van der Waals surface area (Å²) in [6.07, 6.45) is 6.60. The largest absolute Gasteiger partial charge is 0.497 e. The van der Waals surface area contributed by atoms with Crippen LogP contribution in [0.3, 0.4) is 0 Å². The van der Waals surface area contributed by atoms with Crippen molar-refractivity contribution in [2.45, 2.75) is 25.6 Å². The summed E-state index contributed by atoms with van der Waals surface area (Å²) < 4.78 is 27.4. The van der Waals surface area contributed by atoms with E-state index < -0.39 is 4.92 Å². The molecule has 8 heteroatoms. The van der Waals surface area contributed by atoms with Crippen LogP contribution in [0.4, 0.5) is 5.69 Å². The second-order valence-corrected chi connectivity index (χ2v) is 6.98. The Balaban J connectivity index is 1.64. The lowest BCUT2D eigenvalue weighted by molar-refractivity contribution is -0.385. The second-order valence-electron chi connectivity index (χ2n) is 6.98. The monoisotopic (exact) mass is 429 g/mol. The molecule has 0 saturated carbocycles. The van der Waals surface area contributed by atoms with Crippen LogP contribution in [0.15, 0.2) is 36.4 Å². The van der Waals surface area contributed by atoms with Gasteiger partial charge in [-0.15, -0.1) is 0 Å². The van der Waals surface area contributed by atoms with Gasteiger partial charge >= 0.3 is 5.69 Å². The third kappa shape index (κ3) is 6.70. The SMILES string of the molecule is COc1cc(/C=C\c2ccc(OC)c([N+](=O)[O-])c2)cc(OCCOC2CCCCO2)c1. The number of nitro groups is 1. The summed E-state index contributed by atoms with van der Waals surface area (Å²) >= 11 is 0. The fourth-order valence-electron chi connectivity index (χ4n) is 3.22. The first-order chi connectivity index (χ1) is 15.1. The minimum Gasteiger partial charge on any atom is -0.497 e. The maximum Gasteiger partial charge on any atom is 0.311 e. The summed E-state index contributed by atoms with van der Waals surface area (Å²) in [5, 5.41) is 11.2. The normalized spacial score (nSPS) is 16.3. The molecule has 2 aromatic rings. The van der Waals surface area contributed by atoms with Crippen molar-refractivity contribution in [3.8, 4) is 17.2 Å². The van der Waals surface area contributed by atoms with Crippen molar-refractivity contribution < 1.29 is 28.6 Å². The van der Waals surface area contributed by atoms with Gasteiger partial charge in [-0.1, -0.05) is 18.2 Å². The van der Waals surface area contributed by atoms with E-state index in [-0.39, 0.29) is 17.7 Å². The van der Waals surface area contributed by atoms with Gasteiger partial charge in [0.05, 0.1) is 25.7 Å². The van der Waals surface area contributed by atoms with Crippen molar-refractivity contribution >= 4 is 17.8 Å². The molecule has 2 aromatic carbocycles. The number of rotatable bonds is 10. The molecule has 1 heterocycles. The Morgan fingerprint density at radius 1 is 1.03 bits per heavy atom. The standard InChI is InChI=1S/C23H27NO7/c1-27-19-13-18(7-6-17-8-9-22(28-2)21(15-17)24(25)26)14-20(16-19)29-11-12-31-23-5-3-4-10-30-23/h6-9,13-16,23H,3-5,10-12H2,1-2H3/b7-6-. The van der Waals surface area contributed by atoms with Crippen molar-refractivity contribution in [2.24, 2.45) is 0 Å². The quantitative estimate of drug-likeness (QED) is 0.234. The molecule has 0 radical (unpaired) electrons. The highest BCUT2D eigenvalue weighted by atomic mass is 16.7. The molecule has 1 fully saturated rings. The average Bonchev–Trinajstić information content (AvgIpc) is 2.80. The molecule has 0 aromatic heterocycles. The minimum atomic E-state index is -0.464. The molecule has 1 unspecified atom stereocenters. The number of nitrogens with zero attached hydrogens (tertiary/aromatic N) is 1. The fraction of sp³-hybridized carbons (Fsp3) is 0.391. The van der Waals surface area contributed by atoms with Crippen LogP contribution in [-0.4, -0.2) is 45.3 Å². The van der Waals surface area contributed by atoms with E-state index >= 15 is 0 Å². The highest BCUT2D eigenvalue weighted by molar-refractivity contribution is 5.72. The summed E-state index contributed by atoms with van der Waals surface area (Å²) in [4.78, 5) is 10.7. The first-order valence-electron chi connectivity index (χ1n) is 10.1. The van der Waals surface area contributed by atoms with E-state index in [0.29, 0.717) is 30.3 Å². The molecule has 0 N–H and O–H groups in total. The minimum absolute atomic E-state index is 0.0822. The molecule has 1 aliphatic heterocycles. The van der Waals surface area contributed by atoms with Crippen molar-refractivity contribution in [3.05, 3.63) is 57.6 Å². The fourth-order valence-corrected chi connectivity index (χ4v) is 3.22. The van der Waals surface area contributed by atoms with Crippen LogP contribution in [-0.2, 0) is 9.47 Å². The Labute approximate surface area is 181 Å². The summed E-state index contributed by atoms with van der Waals surface area (Å²) in [6.45, 7) is 1.57. The van der Waals surface area contributed by atoms with Crippen molar-refractivity contribution in [1.82, 2.24) is 0 Å². The summed E-state index contributed by atoms with van der Waals surface area (Å²) in [5.74, 6) is 1.52. The number of hydrogen-bond acceptors (Lipinski definition) is 7. The number of ether oxygens (including phenoxy) is 5. The van der Waals surface area contributed by atoms with Crippen LogP contribution in [0.25, 0.3) is 12.2 Å². The Kier molecular flexibility index (Phi) is 8.26. The molecule has 1 aliphatic rings. The predicted molar refractivity (Wildman–Crippen MR) is 117 cm³/mol. The second kappa shape index (κ2) is 11.3. The van der Waals surface area contributed by atoms with E-state index in [1.807, 2.05) is 18.2 Å². The van der Waals surface area contributed by atoms with Gasteiger partial charge in [-0.2, -0.15) is 0 Å². The molecule has 0 aliphatic carbocycles. The number of hydrogen-bond donors (Lipinski definition) is 0. The van der Waals surface area contributed by atoms with Gasteiger partial charge in [0.15, 0.2) is 12.0 Å². The Morgan fingerprint density at radius 2 is 1.84 bits per heavy atom. The summed E-state index contributed by atoms with van der Waals surface area (Å²) in [7, 11) is 2.99. The van der Waals surface area contributed by atoms with E-state index in [4.69, 9.17) is 23.7 Å². The van der Waals surface area contributed by atoms with Crippen LogP contribution < -0.4 is 14.2 Å². The van der Waals surface area contributed by atoms with Crippen molar-refractivity contribution in [2.75, 3.05) is 34.0 Å². The number of nitro benzene ring substituents is 1. The highest BCUT2D eigenvalue weighted by Gasteiger charge is 2.15. The van der Waals surface area contributed by atoms with Gasteiger partial charge in [0.1, 0.15) is 18.1 Å². The van der Waals surface area contributed by atoms with E-state index in [2.05, 4.69) is 0 Å². The van der Waals surface area contributed by atoms with Crippen molar-refractivity contribution in [3.63, 3.8) is 0 Å². The Hall–Kier alpha value is -3.10. The van der Waals surface area contributed by atoms with Crippen LogP contribution in [0.1, 0.15) is 30.4 Å². The van der Waals surface area contributed by atoms with Crippen LogP contribution in [0, 0.1) is 10.1 Å². The zero-order chi connectivity index (χ0) is 22.1. The Bertz CT molecular complexity index is 907. The summed E-state index contributed by atoms with van der Waals surface area (Å²) in [6, 6.07) is 10.3. The maximum atomic E-state index is 11.2. The van der Waals surface area contributed by atoms with Crippen LogP contribution >= 0.6 is 0 Å². The third-order valence-electron chi connectivity index (χ3n) is 4.80. The van der Waals surface area contributed by atoms with Crippen LogP contribution in [0.2, 0.25) is 0 Å². The van der Waals surface area contributed by atoms with E-state index in [9.17, 15) is 10.1 Å². The van der Waals surface area contributed by atoms with Crippen molar-refractivity contribution in [1.29, 1.82) is 0 Å². The number of benzene rings is 2. The third-order valence-corrected chi connectivity index (χ3v) is 4.80. The van der Waals surface area contributed by atoms with E-state index in [1.54, 1.807) is 31.4 Å². The molecule has 1 saturated heterocycles. The molecular formula is C23H27NO7. The lowest BCUT2D eigenvalue weighted by Crippen LogP contribution is -2.24. The average molecular weight is 429 g/mol. The van der Waals surface area contributed by atoms with Gasteiger partial charge in [0.25, 0.3) is 0 Å². The molecule has 0 bridgehead atoms. The first kappa shape index (κ1) is 22.6. The predicted octanol–water partition coefficient (Wildman–Crippen LogP) is 4.70. The Morgan fingerprint density at radius 3 is 2.55 bits per heavy atom. The molecule has 31 heavy (non-hydrogen) atoms.